The van der Waals surface area contributed by atoms with E-state index in [1.54, 1.807) is 13.8 Å². The third kappa shape index (κ3) is 4.43. The first-order valence-corrected chi connectivity index (χ1v) is 7.95. The van der Waals surface area contributed by atoms with Crippen molar-refractivity contribution in [2.24, 2.45) is 5.41 Å². The zero-order valence-electron chi connectivity index (χ0n) is 13.2. The fraction of sp³-hybridized carbons (Fsp3) is 0.500. The number of amides is 1. The Balaban J connectivity index is 1.84. The second-order valence-corrected chi connectivity index (χ2v) is 6.79. The smallest absolute Gasteiger partial charge is 0.309 e. The highest BCUT2D eigenvalue weighted by atomic mass is 35.5. The van der Waals surface area contributed by atoms with Crippen molar-refractivity contribution in [2.75, 3.05) is 6.54 Å². The molecule has 2 rings (SSSR count). The van der Waals surface area contributed by atoms with Crippen molar-refractivity contribution in [3.63, 3.8) is 0 Å². The van der Waals surface area contributed by atoms with E-state index in [2.05, 4.69) is 16.2 Å². The van der Waals surface area contributed by atoms with Gasteiger partial charge in [0.1, 0.15) is 6.04 Å². The van der Waals surface area contributed by atoms with Gasteiger partial charge in [-0.25, -0.2) is 10.9 Å². The maximum atomic E-state index is 12.2. The number of carboxylic acids is 1. The Morgan fingerprint density at radius 3 is 2.70 bits per heavy atom. The molecule has 126 valence electrons. The molecular weight excluding hydrogens is 318 g/mol. The zero-order valence-corrected chi connectivity index (χ0v) is 14.0. The van der Waals surface area contributed by atoms with Crippen molar-refractivity contribution in [3.8, 4) is 0 Å². The highest BCUT2D eigenvalue weighted by Gasteiger charge is 2.32. The van der Waals surface area contributed by atoms with Gasteiger partial charge < -0.3 is 10.4 Å². The minimum absolute atomic E-state index is 0.0325. The van der Waals surface area contributed by atoms with Gasteiger partial charge in [0.25, 0.3) is 0 Å². The highest BCUT2D eigenvalue weighted by Crippen LogP contribution is 2.28. The molecule has 23 heavy (non-hydrogen) atoms. The molecule has 1 saturated heterocycles. The SMILES string of the molecule is CC(C)(CCNC(=O)C1CC(c2ccccc2Cl)NN1)C(=O)O. The average molecular weight is 340 g/mol. The van der Waals surface area contributed by atoms with Crippen LogP contribution in [0.2, 0.25) is 5.02 Å². The van der Waals surface area contributed by atoms with E-state index in [4.69, 9.17) is 16.7 Å². The van der Waals surface area contributed by atoms with Gasteiger partial charge in [-0.1, -0.05) is 29.8 Å². The van der Waals surface area contributed by atoms with Gasteiger partial charge in [0.2, 0.25) is 5.91 Å². The minimum atomic E-state index is -0.869. The van der Waals surface area contributed by atoms with E-state index in [1.807, 2.05) is 24.3 Å². The van der Waals surface area contributed by atoms with Gasteiger partial charge in [0.15, 0.2) is 0 Å². The second kappa shape index (κ2) is 7.29. The summed E-state index contributed by atoms with van der Waals surface area (Å²) in [6.07, 6.45) is 0.958. The summed E-state index contributed by atoms with van der Waals surface area (Å²) in [6.45, 7) is 3.61. The standard InChI is InChI=1S/C16H22ClN3O3/c1-16(2,15(22)23)7-8-18-14(21)13-9-12(19-20-13)10-5-3-4-6-11(10)17/h3-6,12-13,19-20H,7-9H2,1-2H3,(H,18,21)(H,22,23). The first-order chi connectivity index (χ1) is 10.8. The van der Waals surface area contributed by atoms with E-state index < -0.39 is 11.4 Å². The Morgan fingerprint density at radius 1 is 1.35 bits per heavy atom. The van der Waals surface area contributed by atoms with Gasteiger partial charge in [-0.15, -0.1) is 0 Å². The Bertz CT molecular complexity index is 592. The van der Waals surface area contributed by atoms with Crippen molar-refractivity contribution >= 4 is 23.5 Å². The number of hydrogen-bond donors (Lipinski definition) is 4. The monoisotopic (exact) mass is 339 g/mol. The van der Waals surface area contributed by atoms with Crippen LogP contribution in [0.5, 0.6) is 0 Å². The van der Waals surface area contributed by atoms with Gasteiger partial charge in [-0.2, -0.15) is 0 Å². The molecule has 0 spiro atoms. The molecule has 1 fully saturated rings. The van der Waals surface area contributed by atoms with Crippen molar-refractivity contribution in [2.45, 2.75) is 38.8 Å². The molecule has 1 aliphatic rings. The molecule has 1 aliphatic heterocycles. The fourth-order valence-electron chi connectivity index (χ4n) is 2.42. The summed E-state index contributed by atoms with van der Waals surface area (Å²) in [6, 6.07) is 7.11. The first-order valence-electron chi connectivity index (χ1n) is 7.58. The van der Waals surface area contributed by atoms with Gasteiger partial charge in [-0.3, -0.25) is 9.59 Å². The van der Waals surface area contributed by atoms with Crippen molar-refractivity contribution in [1.82, 2.24) is 16.2 Å². The molecule has 6 nitrogen and oxygen atoms in total. The molecule has 1 amide bonds. The predicted octanol–water partition coefficient (Wildman–Crippen LogP) is 1.86. The first kappa shape index (κ1) is 17.7. The molecule has 0 aliphatic carbocycles. The van der Waals surface area contributed by atoms with Crippen LogP contribution in [0, 0.1) is 5.41 Å². The van der Waals surface area contributed by atoms with Crippen LogP contribution in [0.25, 0.3) is 0 Å². The summed E-state index contributed by atoms with van der Waals surface area (Å²) in [5.41, 5.74) is 6.14. The number of carbonyl (C=O) groups is 2. The van der Waals surface area contributed by atoms with E-state index in [-0.39, 0.29) is 18.0 Å². The van der Waals surface area contributed by atoms with Crippen molar-refractivity contribution < 1.29 is 14.7 Å². The molecule has 0 radical (unpaired) electrons. The normalized spacial score (nSPS) is 21.2. The number of hydrogen-bond acceptors (Lipinski definition) is 4. The molecule has 1 aromatic rings. The van der Waals surface area contributed by atoms with Crippen LogP contribution in [-0.2, 0) is 9.59 Å². The number of benzene rings is 1. The summed E-state index contributed by atoms with van der Waals surface area (Å²) >= 11 is 6.17. The van der Waals surface area contributed by atoms with E-state index in [0.717, 1.165) is 5.56 Å². The summed E-state index contributed by atoms with van der Waals surface area (Å²) < 4.78 is 0. The van der Waals surface area contributed by atoms with Crippen LogP contribution in [0.1, 0.15) is 38.3 Å². The van der Waals surface area contributed by atoms with Crippen LogP contribution in [0.4, 0.5) is 0 Å². The Labute approximate surface area is 140 Å². The van der Waals surface area contributed by atoms with E-state index in [0.29, 0.717) is 24.4 Å². The number of halogens is 1. The summed E-state index contributed by atoms with van der Waals surface area (Å²) in [4.78, 5) is 23.2. The van der Waals surface area contributed by atoms with Crippen molar-refractivity contribution in [1.29, 1.82) is 0 Å². The fourth-order valence-corrected chi connectivity index (χ4v) is 2.69. The van der Waals surface area contributed by atoms with Crippen LogP contribution < -0.4 is 16.2 Å². The highest BCUT2D eigenvalue weighted by molar-refractivity contribution is 6.31. The zero-order chi connectivity index (χ0) is 17.0. The van der Waals surface area contributed by atoms with E-state index in [9.17, 15) is 9.59 Å². The van der Waals surface area contributed by atoms with E-state index in [1.165, 1.54) is 0 Å². The number of rotatable bonds is 6. The summed E-state index contributed by atoms with van der Waals surface area (Å²) in [5, 5.41) is 12.5. The van der Waals surface area contributed by atoms with Crippen LogP contribution >= 0.6 is 11.6 Å². The predicted molar refractivity (Wildman–Crippen MR) is 87.9 cm³/mol. The molecule has 1 aromatic carbocycles. The van der Waals surface area contributed by atoms with Gasteiger partial charge in [-0.05, 0) is 38.3 Å². The summed E-state index contributed by atoms with van der Waals surface area (Å²) in [5.74, 6) is -1.01. The number of hydrazine groups is 1. The lowest BCUT2D eigenvalue weighted by Crippen LogP contribution is -2.44. The minimum Gasteiger partial charge on any atom is -0.481 e. The Morgan fingerprint density at radius 2 is 2.04 bits per heavy atom. The quantitative estimate of drug-likeness (QED) is 0.635. The third-order valence-electron chi connectivity index (χ3n) is 4.13. The lowest BCUT2D eigenvalue weighted by atomic mass is 9.89. The molecule has 2 unspecified atom stereocenters. The van der Waals surface area contributed by atoms with Gasteiger partial charge in [0.05, 0.1) is 5.41 Å². The largest absolute Gasteiger partial charge is 0.481 e. The number of carboxylic acid groups (broad SMARTS) is 1. The topological polar surface area (TPSA) is 90.5 Å². The Hall–Kier alpha value is -1.63. The van der Waals surface area contributed by atoms with Crippen molar-refractivity contribution in [3.05, 3.63) is 34.9 Å². The number of aliphatic carboxylic acids is 1. The van der Waals surface area contributed by atoms with E-state index >= 15 is 0 Å². The van der Waals surface area contributed by atoms with Gasteiger partial charge >= 0.3 is 5.97 Å². The maximum absolute atomic E-state index is 12.2. The van der Waals surface area contributed by atoms with Crippen LogP contribution in [0.3, 0.4) is 0 Å². The maximum Gasteiger partial charge on any atom is 0.309 e. The Kier molecular flexibility index (Phi) is 5.62. The number of carbonyl (C=O) groups excluding carboxylic acids is 1. The molecule has 0 aromatic heterocycles. The number of nitrogens with one attached hydrogen (secondary N) is 3. The lowest BCUT2D eigenvalue weighted by Gasteiger charge is -2.19. The molecular formula is C16H22ClN3O3. The third-order valence-corrected chi connectivity index (χ3v) is 4.47. The average Bonchev–Trinajstić information content (AvgIpc) is 2.97. The van der Waals surface area contributed by atoms with Crippen LogP contribution in [-0.4, -0.2) is 29.6 Å². The second-order valence-electron chi connectivity index (χ2n) is 6.38. The van der Waals surface area contributed by atoms with Crippen LogP contribution in [0.15, 0.2) is 24.3 Å². The lowest BCUT2D eigenvalue weighted by molar-refractivity contribution is -0.147. The molecule has 2 atom stereocenters. The molecule has 4 N–H and O–H groups in total. The molecule has 1 heterocycles. The molecule has 7 heteroatoms. The summed E-state index contributed by atoms with van der Waals surface area (Å²) in [7, 11) is 0. The molecule has 0 bridgehead atoms. The van der Waals surface area contributed by atoms with Gasteiger partial charge in [0, 0.05) is 17.6 Å². The molecule has 0 saturated carbocycles.